The molecule has 2 aromatic heterocycles. The summed E-state index contributed by atoms with van der Waals surface area (Å²) in [4.78, 5) is 19.0. The second kappa shape index (κ2) is 8.02. The highest BCUT2D eigenvalue weighted by Crippen LogP contribution is 2.34. The number of hydrogen-bond acceptors (Lipinski definition) is 5. The Morgan fingerprint density at radius 3 is 2.76 bits per heavy atom. The van der Waals surface area contributed by atoms with E-state index in [1.807, 2.05) is 6.07 Å². The monoisotopic (exact) mass is 397 g/mol. The Kier molecular flexibility index (Phi) is 5.45. The molecule has 3 aromatic rings. The highest BCUT2D eigenvalue weighted by atomic mass is 19.1. The summed E-state index contributed by atoms with van der Waals surface area (Å²) in [5.41, 5.74) is 1.23. The number of aromatic nitrogens is 2. The van der Waals surface area contributed by atoms with Crippen molar-refractivity contribution in [2.75, 3.05) is 19.7 Å². The van der Waals surface area contributed by atoms with E-state index in [9.17, 15) is 19.4 Å². The molecule has 0 amide bonds. The first-order chi connectivity index (χ1) is 14.0. The number of nitrogens with zero attached hydrogens (tertiary/aromatic N) is 3. The first-order valence-electron chi connectivity index (χ1n) is 9.72. The molecule has 152 valence electrons. The average Bonchev–Trinajstić information content (AvgIpc) is 2.72. The van der Waals surface area contributed by atoms with Crippen LogP contribution in [0, 0.1) is 11.2 Å². The zero-order valence-corrected chi connectivity index (χ0v) is 16.0. The molecule has 2 atom stereocenters. The molecule has 0 unspecified atom stereocenters. The summed E-state index contributed by atoms with van der Waals surface area (Å²) in [7, 11) is 0. The molecule has 0 saturated carbocycles. The fraction of sp³-hybridized carbons (Fsp3) is 0.364. The molecule has 0 radical (unpaired) electrons. The molecular formula is C22H24FN3O3. The number of fused-ring (bicyclic) bond motifs is 1. The molecular weight excluding hydrogens is 373 g/mol. The third kappa shape index (κ3) is 4.07. The van der Waals surface area contributed by atoms with Gasteiger partial charge >= 0.3 is 0 Å². The Morgan fingerprint density at radius 1 is 1.21 bits per heavy atom. The summed E-state index contributed by atoms with van der Waals surface area (Å²) in [5.74, 6) is -0.314. The number of pyridine rings is 1. The highest BCUT2D eigenvalue weighted by Gasteiger charge is 2.42. The predicted molar refractivity (Wildman–Crippen MR) is 107 cm³/mol. The second-order valence-corrected chi connectivity index (χ2v) is 7.85. The quantitative estimate of drug-likeness (QED) is 0.684. The summed E-state index contributed by atoms with van der Waals surface area (Å²) >= 11 is 0. The Balaban J connectivity index is 1.56. The van der Waals surface area contributed by atoms with E-state index in [2.05, 4.69) is 9.88 Å². The van der Waals surface area contributed by atoms with Gasteiger partial charge in [-0.15, -0.1) is 0 Å². The van der Waals surface area contributed by atoms with Crippen molar-refractivity contribution in [3.8, 4) is 0 Å². The summed E-state index contributed by atoms with van der Waals surface area (Å²) in [6.07, 6.45) is 1.97. The number of hydrogen-bond donors (Lipinski definition) is 2. The van der Waals surface area contributed by atoms with Crippen LogP contribution >= 0.6 is 0 Å². The molecule has 2 N–H and O–H groups in total. The van der Waals surface area contributed by atoms with Gasteiger partial charge in [-0.3, -0.25) is 14.1 Å². The molecule has 0 aliphatic carbocycles. The lowest BCUT2D eigenvalue weighted by Gasteiger charge is -2.45. The maximum atomic E-state index is 13.2. The number of benzene rings is 1. The Bertz CT molecular complexity index is 1050. The molecule has 1 fully saturated rings. The molecule has 1 aliphatic rings. The molecule has 1 aromatic carbocycles. The fourth-order valence-electron chi connectivity index (χ4n) is 4.18. The lowest BCUT2D eigenvalue weighted by atomic mass is 9.73. The van der Waals surface area contributed by atoms with Crippen molar-refractivity contribution in [3.63, 3.8) is 0 Å². The topological polar surface area (TPSA) is 78.1 Å². The van der Waals surface area contributed by atoms with Crippen LogP contribution in [0.3, 0.4) is 0 Å². The van der Waals surface area contributed by atoms with Gasteiger partial charge in [0.15, 0.2) is 0 Å². The van der Waals surface area contributed by atoms with E-state index in [4.69, 9.17) is 0 Å². The van der Waals surface area contributed by atoms with Crippen LogP contribution in [0.4, 0.5) is 4.39 Å². The van der Waals surface area contributed by atoms with E-state index in [-0.39, 0.29) is 18.0 Å². The molecule has 0 spiro atoms. The van der Waals surface area contributed by atoms with E-state index >= 15 is 0 Å². The molecule has 1 aliphatic heterocycles. The molecule has 6 nitrogen and oxygen atoms in total. The summed E-state index contributed by atoms with van der Waals surface area (Å²) < 4.78 is 14.7. The maximum absolute atomic E-state index is 13.2. The average molecular weight is 397 g/mol. The fourth-order valence-corrected chi connectivity index (χ4v) is 4.18. The van der Waals surface area contributed by atoms with Gasteiger partial charge in [-0.05, 0) is 42.7 Å². The molecule has 7 heteroatoms. The van der Waals surface area contributed by atoms with E-state index < -0.39 is 11.5 Å². The number of aliphatic hydroxyl groups is 2. The number of piperidine rings is 1. The van der Waals surface area contributed by atoms with E-state index in [1.165, 1.54) is 22.6 Å². The molecule has 29 heavy (non-hydrogen) atoms. The van der Waals surface area contributed by atoms with Crippen LogP contribution in [0.5, 0.6) is 0 Å². The zero-order chi connectivity index (χ0) is 20.4. The number of rotatable bonds is 5. The maximum Gasteiger partial charge on any atom is 0.258 e. The van der Waals surface area contributed by atoms with E-state index in [0.717, 1.165) is 5.56 Å². The van der Waals surface area contributed by atoms with Crippen molar-refractivity contribution in [1.82, 2.24) is 14.3 Å². The summed E-state index contributed by atoms with van der Waals surface area (Å²) in [5, 5.41) is 20.8. The summed E-state index contributed by atoms with van der Waals surface area (Å²) in [6, 6.07) is 13.1. The van der Waals surface area contributed by atoms with Crippen molar-refractivity contribution in [3.05, 3.63) is 82.2 Å². The van der Waals surface area contributed by atoms with E-state index in [1.54, 1.807) is 30.5 Å². The van der Waals surface area contributed by atoms with Crippen molar-refractivity contribution in [2.24, 2.45) is 5.41 Å². The lowest BCUT2D eigenvalue weighted by molar-refractivity contribution is -0.0770. The Morgan fingerprint density at radius 2 is 2.00 bits per heavy atom. The standard InChI is InChI=1S/C22H24FN3O3/c23-17-6-4-16(5-7-17)12-22(15-27)14-25(10-8-19(22)28)13-18-11-21(29)26-9-2-1-3-20(26)24-18/h1-7,9,11,19,27-28H,8,10,12-15H2/t19-,22-/m0/s1. The normalized spacial score (nSPS) is 22.8. The number of aliphatic hydroxyl groups excluding tert-OH is 2. The van der Waals surface area contributed by atoms with Crippen molar-refractivity contribution in [2.45, 2.75) is 25.5 Å². The number of halogens is 1. The highest BCUT2D eigenvalue weighted by molar-refractivity contribution is 5.38. The molecule has 4 rings (SSSR count). The van der Waals surface area contributed by atoms with Gasteiger partial charge in [0.05, 0.1) is 18.4 Å². The second-order valence-electron chi connectivity index (χ2n) is 7.85. The smallest absolute Gasteiger partial charge is 0.258 e. The largest absolute Gasteiger partial charge is 0.396 e. The van der Waals surface area contributed by atoms with Crippen LogP contribution < -0.4 is 5.56 Å². The van der Waals surface area contributed by atoms with Crippen molar-refractivity contribution >= 4 is 5.65 Å². The molecule has 0 bridgehead atoms. The Hall–Kier alpha value is -2.61. The minimum Gasteiger partial charge on any atom is -0.396 e. The van der Waals surface area contributed by atoms with Gasteiger partial charge in [-0.25, -0.2) is 9.37 Å². The molecule has 3 heterocycles. The van der Waals surface area contributed by atoms with Gasteiger partial charge in [-0.2, -0.15) is 0 Å². The SMILES string of the molecule is O=c1cc(CN2CC[C@H](O)[C@@](CO)(Cc3ccc(F)cc3)C2)nc2ccccn12. The van der Waals surface area contributed by atoms with Crippen LogP contribution in [0.2, 0.25) is 0 Å². The summed E-state index contributed by atoms with van der Waals surface area (Å²) in [6.45, 7) is 1.37. The van der Waals surface area contributed by atoms with Crippen LogP contribution in [-0.2, 0) is 13.0 Å². The Labute approximate surface area is 167 Å². The third-order valence-electron chi connectivity index (χ3n) is 5.76. The third-order valence-corrected chi connectivity index (χ3v) is 5.76. The first-order valence-corrected chi connectivity index (χ1v) is 9.72. The van der Waals surface area contributed by atoms with Crippen molar-refractivity contribution < 1.29 is 14.6 Å². The van der Waals surface area contributed by atoms with Gasteiger partial charge in [0.1, 0.15) is 11.5 Å². The van der Waals surface area contributed by atoms with Gasteiger partial charge < -0.3 is 10.2 Å². The minimum atomic E-state index is -0.748. The lowest BCUT2D eigenvalue weighted by Crippen LogP contribution is -2.54. The van der Waals surface area contributed by atoms with Gasteiger partial charge in [0.25, 0.3) is 5.56 Å². The van der Waals surface area contributed by atoms with Crippen LogP contribution in [0.1, 0.15) is 17.7 Å². The predicted octanol–water partition coefficient (Wildman–Crippen LogP) is 1.62. The van der Waals surface area contributed by atoms with Crippen LogP contribution in [0.15, 0.2) is 59.5 Å². The van der Waals surface area contributed by atoms with Gasteiger partial charge in [0.2, 0.25) is 0 Å². The van der Waals surface area contributed by atoms with Crippen LogP contribution in [0.25, 0.3) is 5.65 Å². The van der Waals surface area contributed by atoms with Gasteiger partial charge in [-0.1, -0.05) is 18.2 Å². The van der Waals surface area contributed by atoms with E-state index in [0.29, 0.717) is 43.8 Å². The number of likely N-dealkylation sites (tertiary alicyclic amines) is 1. The first kappa shape index (κ1) is 19.7. The van der Waals surface area contributed by atoms with Crippen LogP contribution in [-0.4, -0.2) is 50.3 Å². The van der Waals surface area contributed by atoms with Gasteiger partial charge in [0, 0.05) is 37.3 Å². The molecule has 1 saturated heterocycles. The zero-order valence-electron chi connectivity index (χ0n) is 16.0. The minimum absolute atomic E-state index is 0.137. The van der Waals surface area contributed by atoms with Crippen molar-refractivity contribution in [1.29, 1.82) is 0 Å².